The van der Waals surface area contributed by atoms with E-state index in [4.69, 9.17) is 14.6 Å². The molecular formula is C27H41NO6. The molecule has 0 radical (unpaired) electrons. The van der Waals surface area contributed by atoms with Crippen molar-refractivity contribution in [2.24, 2.45) is 0 Å². The van der Waals surface area contributed by atoms with Gasteiger partial charge in [0.1, 0.15) is 17.1 Å². The van der Waals surface area contributed by atoms with Gasteiger partial charge in [-0.1, -0.05) is 58.3 Å². The summed E-state index contributed by atoms with van der Waals surface area (Å²) in [6.07, 6.45) is 12.5. The summed E-state index contributed by atoms with van der Waals surface area (Å²) in [6.45, 7) is 9.61. The van der Waals surface area contributed by atoms with Crippen LogP contribution in [-0.2, 0) is 6.42 Å². The molecule has 2 rings (SSSR count). The van der Waals surface area contributed by atoms with Gasteiger partial charge in [0, 0.05) is 18.1 Å². The van der Waals surface area contributed by atoms with Crippen LogP contribution in [0, 0.1) is 30.9 Å². The predicted octanol–water partition coefficient (Wildman–Crippen LogP) is 7.83. The molecule has 34 heavy (non-hydrogen) atoms. The first-order valence-corrected chi connectivity index (χ1v) is 12.7. The molecular weight excluding hydrogens is 434 g/mol. The van der Waals surface area contributed by atoms with Crippen LogP contribution >= 0.6 is 0 Å². The minimum Gasteiger partial charge on any atom is -0.483 e. The third-order valence-corrected chi connectivity index (χ3v) is 6.95. The summed E-state index contributed by atoms with van der Waals surface area (Å²) in [5.41, 5.74) is 2.59. The fraction of sp³-hybridized carbons (Fsp3) is 0.667. The van der Waals surface area contributed by atoms with Gasteiger partial charge in [-0.15, -0.1) is 0 Å². The fourth-order valence-corrected chi connectivity index (χ4v) is 4.78. The molecule has 0 aliphatic carbocycles. The van der Waals surface area contributed by atoms with E-state index < -0.39 is 11.8 Å². The third-order valence-electron chi connectivity index (χ3n) is 6.95. The lowest BCUT2D eigenvalue weighted by Gasteiger charge is -2.36. The standard InChI is InChI=1S/C27H41NO6/c1-6-7-8-9-10-11-12-13-14-15-22(28(31)32)18-27(5)17-16-23-21(4)24(33-26(29)30)19(2)20(3)25(23)34-27/h18H,6-17H2,1-5H3,(H,29,30). The van der Waals surface area contributed by atoms with E-state index in [0.717, 1.165) is 36.0 Å². The van der Waals surface area contributed by atoms with Gasteiger partial charge >= 0.3 is 6.16 Å². The Hall–Kier alpha value is -2.57. The van der Waals surface area contributed by atoms with E-state index in [2.05, 4.69) is 6.92 Å². The van der Waals surface area contributed by atoms with Crippen LogP contribution in [0.25, 0.3) is 0 Å². The Labute approximate surface area is 203 Å². The van der Waals surface area contributed by atoms with Crippen LogP contribution < -0.4 is 9.47 Å². The van der Waals surface area contributed by atoms with Gasteiger partial charge in [0.2, 0.25) is 5.70 Å². The zero-order chi connectivity index (χ0) is 25.3. The van der Waals surface area contributed by atoms with Crippen molar-refractivity contribution in [3.63, 3.8) is 0 Å². The average molecular weight is 476 g/mol. The van der Waals surface area contributed by atoms with Crippen molar-refractivity contribution in [3.05, 3.63) is 44.1 Å². The van der Waals surface area contributed by atoms with Crippen molar-refractivity contribution in [1.29, 1.82) is 0 Å². The van der Waals surface area contributed by atoms with Crippen LogP contribution in [0.1, 0.15) is 107 Å². The molecule has 0 saturated carbocycles. The summed E-state index contributed by atoms with van der Waals surface area (Å²) in [5, 5.41) is 20.8. The molecule has 7 nitrogen and oxygen atoms in total. The van der Waals surface area contributed by atoms with Crippen molar-refractivity contribution in [1.82, 2.24) is 0 Å². The molecule has 0 saturated heterocycles. The maximum atomic E-state index is 11.8. The van der Waals surface area contributed by atoms with Crippen LogP contribution in [0.4, 0.5) is 4.79 Å². The molecule has 7 heteroatoms. The van der Waals surface area contributed by atoms with E-state index in [0.29, 0.717) is 36.3 Å². The number of nitro groups is 1. The van der Waals surface area contributed by atoms with Crippen LogP contribution in [0.5, 0.6) is 11.5 Å². The zero-order valence-corrected chi connectivity index (χ0v) is 21.5. The van der Waals surface area contributed by atoms with Gasteiger partial charge in [-0.05, 0) is 63.6 Å². The van der Waals surface area contributed by atoms with Gasteiger partial charge < -0.3 is 14.6 Å². The Morgan fingerprint density at radius 1 is 1.06 bits per heavy atom. The number of ether oxygens (including phenoxy) is 2. The second-order valence-corrected chi connectivity index (χ2v) is 9.77. The molecule has 0 spiro atoms. The number of fused-ring (bicyclic) bond motifs is 1. The van der Waals surface area contributed by atoms with E-state index in [-0.39, 0.29) is 10.6 Å². The minimum atomic E-state index is -1.35. The van der Waals surface area contributed by atoms with E-state index in [1.54, 1.807) is 13.0 Å². The van der Waals surface area contributed by atoms with Crippen LogP contribution in [-0.4, -0.2) is 21.8 Å². The van der Waals surface area contributed by atoms with Gasteiger partial charge in [-0.3, -0.25) is 10.1 Å². The normalized spacial score (nSPS) is 17.7. The summed E-state index contributed by atoms with van der Waals surface area (Å²) in [5.74, 6) is 1.03. The van der Waals surface area contributed by atoms with E-state index >= 15 is 0 Å². The number of allylic oxidation sites excluding steroid dienone is 1. The number of rotatable bonds is 13. The Kier molecular flexibility index (Phi) is 10.4. The van der Waals surface area contributed by atoms with Crippen molar-refractivity contribution < 1.29 is 24.3 Å². The molecule has 1 N–H and O–H groups in total. The average Bonchev–Trinajstić information content (AvgIpc) is 2.78. The van der Waals surface area contributed by atoms with Gasteiger partial charge in [-0.2, -0.15) is 0 Å². The molecule has 1 aliphatic rings. The molecule has 1 atom stereocenters. The lowest BCUT2D eigenvalue weighted by molar-refractivity contribution is -0.429. The first-order chi connectivity index (χ1) is 16.1. The van der Waals surface area contributed by atoms with Gasteiger partial charge in [0.05, 0.1) is 4.92 Å². The smallest absolute Gasteiger partial charge is 0.483 e. The second kappa shape index (κ2) is 12.8. The summed E-state index contributed by atoms with van der Waals surface area (Å²) >= 11 is 0. The SMILES string of the molecule is CCCCCCCCCCCC(=CC1(C)CCc2c(C)c(OC(=O)O)c(C)c(C)c2O1)[N+](=O)[O-]. The van der Waals surface area contributed by atoms with Crippen LogP contribution in [0.15, 0.2) is 11.8 Å². The molecule has 1 aromatic rings. The van der Waals surface area contributed by atoms with E-state index in [1.165, 1.54) is 38.5 Å². The monoisotopic (exact) mass is 475 g/mol. The number of unbranched alkanes of at least 4 members (excludes halogenated alkanes) is 8. The molecule has 0 bridgehead atoms. The number of benzene rings is 1. The van der Waals surface area contributed by atoms with E-state index in [1.807, 2.05) is 20.8 Å². The minimum absolute atomic E-state index is 0.214. The molecule has 1 aromatic carbocycles. The van der Waals surface area contributed by atoms with Crippen LogP contribution in [0.3, 0.4) is 0 Å². The highest BCUT2D eigenvalue weighted by Gasteiger charge is 2.35. The molecule has 0 fully saturated rings. The van der Waals surface area contributed by atoms with Crippen molar-refractivity contribution in [2.45, 2.75) is 117 Å². The Morgan fingerprint density at radius 3 is 2.21 bits per heavy atom. The predicted molar refractivity (Wildman–Crippen MR) is 134 cm³/mol. The number of hydrogen-bond acceptors (Lipinski definition) is 5. The zero-order valence-electron chi connectivity index (χ0n) is 21.5. The summed E-state index contributed by atoms with van der Waals surface area (Å²) in [6, 6.07) is 0. The van der Waals surface area contributed by atoms with Gasteiger partial charge in [0.15, 0.2) is 0 Å². The summed E-state index contributed by atoms with van der Waals surface area (Å²) in [4.78, 5) is 22.6. The fourth-order valence-electron chi connectivity index (χ4n) is 4.78. The highest BCUT2D eigenvalue weighted by molar-refractivity contribution is 5.67. The molecule has 1 heterocycles. The second-order valence-electron chi connectivity index (χ2n) is 9.77. The van der Waals surface area contributed by atoms with Gasteiger partial charge in [-0.25, -0.2) is 4.79 Å². The number of nitrogens with zero attached hydrogens (tertiary/aromatic N) is 1. The first-order valence-electron chi connectivity index (χ1n) is 12.7. The Balaban J connectivity index is 2.05. The van der Waals surface area contributed by atoms with Crippen molar-refractivity contribution in [3.8, 4) is 11.5 Å². The number of carboxylic acid groups (broad SMARTS) is 1. The number of carbonyl (C=O) groups is 1. The molecule has 1 aliphatic heterocycles. The molecule has 190 valence electrons. The highest BCUT2D eigenvalue weighted by Crippen LogP contribution is 2.44. The lowest BCUT2D eigenvalue weighted by atomic mass is 9.86. The Morgan fingerprint density at radius 2 is 1.65 bits per heavy atom. The lowest BCUT2D eigenvalue weighted by Crippen LogP contribution is -2.36. The van der Waals surface area contributed by atoms with Crippen molar-refractivity contribution in [2.75, 3.05) is 0 Å². The maximum Gasteiger partial charge on any atom is 0.511 e. The third kappa shape index (κ3) is 7.47. The van der Waals surface area contributed by atoms with Crippen molar-refractivity contribution >= 4 is 6.16 Å². The summed E-state index contributed by atoms with van der Waals surface area (Å²) < 4.78 is 11.4. The molecule has 0 aromatic heterocycles. The first kappa shape index (κ1) is 27.7. The Bertz CT molecular complexity index is 907. The topological polar surface area (TPSA) is 98.9 Å². The highest BCUT2D eigenvalue weighted by atomic mass is 16.7. The van der Waals surface area contributed by atoms with Crippen LogP contribution in [0.2, 0.25) is 0 Å². The molecule has 1 unspecified atom stereocenters. The van der Waals surface area contributed by atoms with Gasteiger partial charge in [0.25, 0.3) is 0 Å². The quantitative estimate of drug-likeness (QED) is 0.103. The molecule has 0 amide bonds. The largest absolute Gasteiger partial charge is 0.511 e. The number of hydrogen-bond donors (Lipinski definition) is 1. The maximum absolute atomic E-state index is 11.8. The summed E-state index contributed by atoms with van der Waals surface area (Å²) in [7, 11) is 0. The van der Waals surface area contributed by atoms with E-state index in [9.17, 15) is 14.9 Å².